The van der Waals surface area contributed by atoms with E-state index in [9.17, 15) is 23.3 Å². The van der Waals surface area contributed by atoms with Crippen molar-refractivity contribution in [2.45, 2.75) is 39.0 Å². The zero-order valence-electron chi connectivity index (χ0n) is 17.9. The number of amides is 2. The van der Waals surface area contributed by atoms with Crippen LogP contribution in [0.3, 0.4) is 0 Å². The number of carbonyl (C=O) groups is 1. The van der Waals surface area contributed by atoms with Gasteiger partial charge in [-0.1, -0.05) is 18.6 Å². The number of hydrogen-bond acceptors (Lipinski definition) is 6. The molecular formula is C22H24N4O5S. The van der Waals surface area contributed by atoms with Crippen molar-refractivity contribution in [1.29, 1.82) is 0 Å². The van der Waals surface area contributed by atoms with Gasteiger partial charge in [0.05, 0.1) is 28.3 Å². The maximum atomic E-state index is 13.6. The number of nitrogens with one attached hydrogen (secondary N) is 1. The fourth-order valence-electron chi connectivity index (χ4n) is 4.14. The van der Waals surface area contributed by atoms with E-state index in [1.807, 2.05) is 25.1 Å². The van der Waals surface area contributed by atoms with Crippen molar-refractivity contribution in [2.24, 2.45) is 0 Å². The first kappa shape index (κ1) is 21.8. The van der Waals surface area contributed by atoms with E-state index in [-0.39, 0.29) is 5.69 Å². The molecule has 0 unspecified atom stereocenters. The minimum absolute atomic E-state index is 0.122. The number of urea groups is 1. The van der Waals surface area contributed by atoms with E-state index in [0.29, 0.717) is 27.0 Å². The number of hydrazine groups is 1. The van der Waals surface area contributed by atoms with Gasteiger partial charge in [0.15, 0.2) is 0 Å². The monoisotopic (exact) mass is 456 g/mol. The minimum atomic E-state index is -3.97. The molecule has 0 bridgehead atoms. The fourth-order valence-corrected chi connectivity index (χ4v) is 4.76. The molecule has 2 aromatic rings. The highest BCUT2D eigenvalue weighted by atomic mass is 32.2. The van der Waals surface area contributed by atoms with Crippen molar-refractivity contribution in [2.75, 3.05) is 11.2 Å². The number of benzene rings is 2. The van der Waals surface area contributed by atoms with Crippen LogP contribution < -0.4 is 10.3 Å². The third-order valence-corrected chi connectivity index (χ3v) is 6.61. The molecule has 1 aliphatic heterocycles. The summed E-state index contributed by atoms with van der Waals surface area (Å²) < 4.78 is 25.9. The third-order valence-electron chi connectivity index (χ3n) is 5.70. The van der Waals surface area contributed by atoms with Crippen molar-refractivity contribution in [3.05, 3.63) is 69.3 Å². The standard InChI is InChI=1S/C22H24N4O5S/c1-15-8-13-19-20(14-15)24(17-9-11-18(12-10-17)26(28)29)22(27)25(32(2,30)31)23-21(19)16-6-4-3-5-7-16/h8-14,23H,3-7H2,1-2H3. The number of hydrogen-bond donors (Lipinski definition) is 1. The molecule has 2 aromatic carbocycles. The summed E-state index contributed by atoms with van der Waals surface area (Å²) in [7, 11) is -3.97. The smallest absolute Gasteiger partial charge is 0.280 e. The van der Waals surface area contributed by atoms with Crippen molar-refractivity contribution < 1.29 is 18.1 Å². The summed E-state index contributed by atoms with van der Waals surface area (Å²) in [4.78, 5) is 25.4. The van der Waals surface area contributed by atoms with Gasteiger partial charge in [-0.3, -0.25) is 20.4 Å². The molecule has 0 atom stereocenters. The molecule has 1 aliphatic carbocycles. The Balaban J connectivity index is 1.97. The van der Waals surface area contributed by atoms with E-state index >= 15 is 0 Å². The van der Waals surface area contributed by atoms with Crippen LogP contribution >= 0.6 is 0 Å². The Bertz CT molecular complexity index is 1210. The molecule has 1 fully saturated rings. The van der Waals surface area contributed by atoms with Gasteiger partial charge in [0.2, 0.25) is 0 Å². The van der Waals surface area contributed by atoms with Gasteiger partial charge in [-0.15, -0.1) is 4.41 Å². The molecule has 0 aromatic heterocycles. The Kier molecular flexibility index (Phi) is 5.64. The topological polar surface area (TPSA) is 113 Å². The molecule has 0 saturated heterocycles. The lowest BCUT2D eigenvalue weighted by Gasteiger charge is -2.27. The highest BCUT2D eigenvalue weighted by molar-refractivity contribution is 7.88. The highest BCUT2D eigenvalue weighted by Gasteiger charge is 2.37. The maximum Gasteiger partial charge on any atom is 0.362 e. The van der Waals surface area contributed by atoms with Gasteiger partial charge in [-0.25, -0.2) is 13.2 Å². The van der Waals surface area contributed by atoms with Gasteiger partial charge < -0.3 is 0 Å². The van der Waals surface area contributed by atoms with E-state index in [4.69, 9.17) is 0 Å². The Labute approximate surface area is 186 Å². The Hall–Kier alpha value is -3.40. The van der Waals surface area contributed by atoms with Crippen molar-refractivity contribution in [3.63, 3.8) is 0 Å². The second-order valence-corrected chi connectivity index (χ2v) is 9.92. The van der Waals surface area contributed by atoms with Crippen molar-refractivity contribution in [1.82, 2.24) is 9.84 Å². The van der Waals surface area contributed by atoms with Crippen molar-refractivity contribution >= 4 is 38.8 Å². The van der Waals surface area contributed by atoms with Crippen LogP contribution in [0, 0.1) is 17.0 Å². The predicted molar refractivity (Wildman–Crippen MR) is 122 cm³/mol. The Morgan fingerprint density at radius 1 is 1.03 bits per heavy atom. The molecule has 168 valence electrons. The molecule has 9 nitrogen and oxygen atoms in total. The number of sulfonamides is 1. The van der Waals surface area contributed by atoms with Crippen LogP contribution in [0.5, 0.6) is 0 Å². The van der Waals surface area contributed by atoms with Crippen LogP contribution in [-0.2, 0) is 10.0 Å². The van der Waals surface area contributed by atoms with Crippen LogP contribution in [0.2, 0.25) is 0 Å². The molecule has 1 heterocycles. The number of non-ortho nitro benzene ring substituents is 1. The van der Waals surface area contributed by atoms with E-state index in [1.165, 1.54) is 29.2 Å². The number of allylic oxidation sites excluding steroid dienone is 1. The summed E-state index contributed by atoms with van der Waals surface area (Å²) in [5, 5.41) is 11.1. The lowest BCUT2D eigenvalue weighted by Crippen LogP contribution is -2.49. The van der Waals surface area contributed by atoms with Gasteiger partial charge in [-0.05, 0) is 61.9 Å². The quantitative estimate of drug-likeness (QED) is 0.533. The molecule has 1 N–H and O–H groups in total. The zero-order valence-corrected chi connectivity index (χ0v) is 18.7. The molecular weight excluding hydrogens is 432 g/mol. The molecule has 0 spiro atoms. The van der Waals surface area contributed by atoms with Crippen molar-refractivity contribution in [3.8, 4) is 0 Å². The number of anilines is 2. The average Bonchev–Trinajstić information content (AvgIpc) is 2.88. The average molecular weight is 457 g/mol. The number of fused-ring (bicyclic) bond motifs is 1. The lowest BCUT2D eigenvalue weighted by molar-refractivity contribution is -0.384. The molecule has 4 rings (SSSR count). The summed E-state index contributed by atoms with van der Waals surface area (Å²) in [6, 6.07) is 10.3. The largest absolute Gasteiger partial charge is 0.362 e. The molecule has 0 radical (unpaired) electrons. The van der Waals surface area contributed by atoms with Crippen LogP contribution in [0.25, 0.3) is 5.70 Å². The lowest BCUT2D eigenvalue weighted by atomic mass is 9.90. The first-order valence-corrected chi connectivity index (χ1v) is 12.2. The summed E-state index contributed by atoms with van der Waals surface area (Å²) in [6.07, 6.45) is 5.72. The Morgan fingerprint density at radius 2 is 1.69 bits per heavy atom. The number of rotatable bonds is 3. The van der Waals surface area contributed by atoms with E-state index in [1.54, 1.807) is 0 Å². The van der Waals surface area contributed by atoms with Gasteiger partial charge in [0, 0.05) is 17.7 Å². The molecule has 2 amide bonds. The predicted octanol–water partition coefficient (Wildman–Crippen LogP) is 4.62. The fraction of sp³-hybridized carbons (Fsp3) is 0.318. The second-order valence-electron chi connectivity index (χ2n) is 8.09. The van der Waals surface area contributed by atoms with Gasteiger partial charge in [-0.2, -0.15) is 0 Å². The van der Waals surface area contributed by atoms with Crippen LogP contribution in [0.1, 0.15) is 43.2 Å². The molecule has 1 saturated carbocycles. The summed E-state index contributed by atoms with van der Waals surface area (Å²) >= 11 is 0. The van der Waals surface area contributed by atoms with E-state index in [0.717, 1.165) is 49.5 Å². The minimum Gasteiger partial charge on any atom is -0.280 e. The van der Waals surface area contributed by atoms with E-state index < -0.39 is 21.0 Å². The molecule has 32 heavy (non-hydrogen) atoms. The van der Waals surface area contributed by atoms with Gasteiger partial charge in [0.25, 0.3) is 15.7 Å². The zero-order chi connectivity index (χ0) is 23.0. The van der Waals surface area contributed by atoms with E-state index in [2.05, 4.69) is 5.43 Å². The van der Waals surface area contributed by atoms with Gasteiger partial charge >= 0.3 is 6.03 Å². The number of nitro groups is 1. The first-order chi connectivity index (χ1) is 15.2. The number of aryl methyl sites for hydroxylation is 1. The second kappa shape index (κ2) is 8.27. The maximum absolute atomic E-state index is 13.6. The van der Waals surface area contributed by atoms with Crippen LogP contribution in [0.15, 0.2) is 48.0 Å². The highest BCUT2D eigenvalue weighted by Crippen LogP contribution is 2.40. The summed E-state index contributed by atoms with van der Waals surface area (Å²) in [6.45, 7) is 1.89. The molecule has 10 heteroatoms. The third kappa shape index (κ3) is 4.05. The van der Waals surface area contributed by atoms with Crippen LogP contribution in [-0.4, -0.2) is 30.0 Å². The van der Waals surface area contributed by atoms with Gasteiger partial charge in [0.1, 0.15) is 0 Å². The molecule has 2 aliphatic rings. The van der Waals surface area contributed by atoms with Crippen LogP contribution in [0.4, 0.5) is 21.9 Å². The normalized spacial score (nSPS) is 17.0. The number of nitro benzene ring substituents is 1. The Morgan fingerprint density at radius 3 is 2.28 bits per heavy atom. The number of nitrogens with zero attached hydrogens (tertiary/aromatic N) is 3. The number of carbonyl (C=O) groups excluding carboxylic acids is 1. The first-order valence-electron chi connectivity index (χ1n) is 10.4. The summed E-state index contributed by atoms with van der Waals surface area (Å²) in [5.41, 5.74) is 6.95. The summed E-state index contributed by atoms with van der Waals surface area (Å²) in [5.74, 6) is 0. The SMILES string of the molecule is Cc1ccc2c(c1)N(c1ccc([N+](=O)[O-])cc1)C(=O)N(S(C)(=O)=O)NC2=C1CCCCC1.